The molecule has 0 saturated carbocycles. The molecule has 2 aliphatic heterocycles. The van der Waals surface area contributed by atoms with E-state index in [1.165, 1.54) is 0 Å². The van der Waals surface area contributed by atoms with E-state index in [0.29, 0.717) is 6.07 Å². The highest BCUT2D eigenvalue weighted by Gasteiger charge is 2.96. The number of amides is 1. The monoisotopic (exact) mass is 516 g/mol. The van der Waals surface area contributed by atoms with Crippen molar-refractivity contribution < 1.29 is 62.2 Å². The van der Waals surface area contributed by atoms with E-state index in [1.807, 2.05) is 0 Å². The van der Waals surface area contributed by atoms with Gasteiger partial charge in [0.25, 0.3) is 0 Å². The molecule has 1 amide bonds. The molecule has 2 saturated heterocycles. The molecule has 0 aliphatic carbocycles. The van der Waals surface area contributed by atoms with E-state index in [9.17, 15) is 52.7 Å². The number of morpholine rings is 1. The molecule has 1 aromatic carbocycles. The number of alkyl halides is 9. The van der Waals surface area contributed by atoms with Gasteiger partial charge < -0.3 is 10.1 Å². The SMILES string of the molecule is O=C(Nc1cccc(S(=O)(=O)N2CCOCC2)c1)C(F)(F)[C@@]1(F)OC(F)(F)C(F)(F)C1(F)F. The summed E-state index contributed by atoms with van der Waals surface area (Å²) in [6.07, 6.45) is -6.37. The molecule has 0 radical (unpaired) electrons. The molecule has 2 fully saturated rings. The van der Waals surface area contributed by atoms with Gasteiger partial charge in [0.2, 0.25) is 10.0 Å². The third-order valence-corrected chi connectivity index (χ3v) is 6.72. The summed E-state index contributed by atoms with van der Waals surface area (Å²) in [6.45, 7) is -0.0553. The molecule has 7 nitrogen and oxygen atoms in total. The summed E-state index contributed by atoms with van der Waals surface area (Å²) >= 11 is 0. The van der Waals surface area contributed by atoms with Gasteiger partial charge in [-0.15, -0.1) is 0 Å². The van der Waals surface area contributed by atoms with Crippen molar-refractivity contribution in [2.24, 2.45) is 0 Å². The minimum absolute atomic E-state index is 0.0456. The van der Waals surface area contributed by atoms with E-state index in [0.717, 1.165) is 27.8 Å². The molecule has 2 aliphatic rings. The third kappa shape index (κ3) is 3.64. The van der Waals surface area contributed by atoms with Gasteiger partial charge in [0.1, 0.15) is 0 Å². The minimum Gasteiger partial charge on any atom is -0.379 e. The maximum absolute atomic E-state index is 14.3. The van der Waals surface area contributed by atoms with Gasteiger partial charge in [-0.3, -0.25) is 9.53 Å². The van der Waals surface area contributed by atoms with Crippen LogP contribution in [0, 0.1) is 0 Å². The van der Waals surface area contributed by atoms with E-state index < -0.39 is 56.2 Å². The van der Waals surface area contributed by atoms with Crippen molar-refractivity contribution in [3.05, 3.63) is 24.3 Å². The Bertz CT molecular complexity index is 1050. The molecule has 0 spiro atoms. The Kier molecular flexibility index (Phi) is 5.96. The number of sulfonamides is 1. The summed E-state index contributed by atoms with van der Waals surface area (Å²) in [5.74, 6) is -29.3. The lowest BCUT2D eigenvalue weighted by Gasteiger charge is -2.31. The van der Waals surface area contributed by atoms with Gasteiger partial charge in [0, 0.05) is 18.8 Å². The molecular formula is C16H13F9N2O5S. The van der Waals surface area contributed by atoms with Crippen molar-refractivity contribution in [1.82, 2.24) is 4.31 Å². The standard InChI is InChI=1S/C16H13F9N2O5S/c17-12(18,15(23)13(19,20)14(21,22)16(24,25)32-15)11(28)26-9-2-1-3-10(8-9)33(29,30)27-4-6-31-7-5-27/h1-3,8H,4-7H2,(H,26,28)/t15-/m1/s1. The molecule has 1 aromatic rings. The summed E-state index contributed by atoms with van der Waals surface area (Å²) in [5, 5.41) is 1.15. The maximum Gasteiger partial charge on any atom is 0.428 e. The van der Waals surface area contributed by atoms with Crippen LogP contribution in [0.25, 0.3) is 0 Å². The smallest absolute Gasteiger partial charge is 0.379 e. The Morgan fingerprint density at radius 2 is 1.58 bits per heavy atom. The van der Waals surface area contributed by atoms with Gasteiger partial charge in [0.15, 0.2) is 0 Å². The van der Waals surface area contributed by atoms with Gasteiger partial charge in [-0.2, -0.15) is 43.8 Å². The quantitative estimate of drug-likeness (QED) is 0.609. The predicted octanol–water partition coefficient (Wildman–Crippen LogP) is 2.84. The maximum atomic E-state index is 14.3. The molecule has 17 heteroatoms. The number of carbonyl (C=O) groups is 1. The van der Waals surface area contributed by atoms with E-state index in [2.05, 4.69) is 4.74 Å². The molecule has 0 bridgehead atoms. The lowest BCUT2D eigenvalue weighted by molar-refractivity contribution is -0.366. The first-order valence-corrected chi connectivity index (χ1v) is 10.3. The van der Waals surface area contributed by atoms with Crippen molar-refractivity contribution >= 4 is 21.6 Å². The first-order chi connectivity index (χ1) is 14.9. The van der Waals surface area contributed by atoms with Gasteiger partial charge in [0.05, 0.1) is 18.1 Å². The number of halogens is 9. The number of hydrogen-bond donors (Lipinski definition) is 1. The highest BCUT2D eigenvalue weighted by molar-refractivity contribution is 7.89. The lowest BCUT2D eigenvalue weighted by atomic mass is 9.99. The number of benzene rings is 1. The van der Waals surface area contributed by atoms with Crippen molar-refractivity contribution in [3.8, 4) is 0 Å². The Morgan fingerprint density at radius 1 is 1.00 bits per heavy atom. The Hall–Kier alpha value is -2.11. The van der Waals surface area contributed by atoms with Crippen molar-refractivity contribution in [1.29, 1.82) is 0 Å². The largest absolute Gasteiger partial charge is 0.428 e. The lowest BCUT2D eigenvalue weighted by Crippen LogP contribution is -2.63. The highest BCUT2D eigenvalue weighted by Crippen LogP contribution is 2.64. The third-order valence-electron chi connectivity index (χ3n) is 4.82. The number of rotatable bonds is 5. The van der Waals surface area contributed by atoms with Crippen LogP contribution in [0.15, 0.2) is 29.2 Å². The average molecular weight is 516 g/mol. The van der Waals surface area contributed by atoms with Crippen LogP contribution in [-0.2, 0) is 24.3 Å². The Morgan fingerprint density at radius 3 is 2.09 bits per heavy atom. The normalized spacial score (nSPS) is 27.3. The second-order valence-corrected chi connectivity index (χ2v) is 8.87. The van der Waals surface area contributed by atoms with Crippen LogP contribution in [0.5, 0.6) is 0 Å². The number of ether oxygens (including phenoxy) is 2. The molecule has 3 rings (SSSR count). The summed E-state index contributed by atoms with van der Waals surface area (Å²) in [7, 11) is -4.24. The Labute approximate surface area is 179 Å². The van der Waals surface area contributed by atoms with Gasteiger partial charge in [-0.1, -0.05) is 6.07 Å². The number of hydrogen-bond acceptors (Lipinski definition) is 5. The zero-order chi connectivity index (χ0) is 25.1. The number of carbonyl (C=O) groups excluding carboxylic acids is 1. The summed E-state index contributed by atoms with van der Waals surface area (Å²) in [6, 6.07) is 3.26. The van der Waals surface area contributed by atoms with Crippen molar-refractivity contribution in [2.75, 3.05) is 31.6 Å². The van der Waals surface area contributed by atoms with Gasteiger partial charge in [-0.25, -0.2) is 8.42 Å². The van der Waals surface area contributed by atoms with Crippen LogP contribution in [0.1, 0.15) is 0 Å². The fourth-order valence-electron chi connectivity index (χ4n) is 2.98. The fourth-order valence-corrected chi connectivity index (χ4v) is 4.43. The van der Waals surface area contributed by atoms with Crippen LogP contribution < -0.4 is 5.32 Å². The van der Waals surface area contributed by atoms with Gasteiger partial charge in [-0.05, 0) is 18.2 Å². The summed E-state index contributed by atoms with van der Waals surface area (Å²) in [4.78, 5) is 11.2. The molecule has 1 N–H and O–H groups in total. The van der Waals surface area contributed by atoms with Crippen molar-refractivity contribution in [3.63, 3.8) is 0 Å². The number of nitrogens with zero attached hydrogens (tertiary/aromatic N) is 1. The van der Waals surface area contributed by atoms with E-state index in [1.54, 1.807) is 0 Å². The molecule has 2 heterocycles. The minimum atomic E-state index is -6.83. The van der Waals surface area contributed by atoms with Crippen molar-refractivity contribution in [2.45, 2.75) is 34.6 Å². The number of nitrogens with one attached hydrogen (secondary N) is 1. The van der Waals surface area contributed by atoms with Crippen LogP contribution in [-0.4, -0.2) is 74.7 Å². The second-order valence-electron chi connectivity index (χ2n) is 6.94. The summed E-state index contributed by atoms with van der Waals surface area (Å²) < 4.78 is 156. The van der Waals surface area contributed by atoms with Crippen LogP contribution >= 0.6 is 0 Å². The van der Waals surface area contributed by atoms with Crippen LogP contribution in [0.4, 0.5) is 45.2 Å². The topological polar surface area (TPSA) is 84.9 Å². The van der Waals surface area contributed by atoms with Crippen LogP contribution in [0.3, 0.4) is 0 Å². The number of anilines is 1. The molecule has 186 valence electrons. The zero-order valence-electron chi connectivity index (χ0n) is 15.9. The van der Waals surface area contributed by atoms with E-state index in [-0.39, 0.29) is 26.3 Å². The fraction of sp³-hybridized carbons (Fsp3) is 0.562. The highest BCUT2D eigenvalue weighted by atomic mass is 32.2. The molecule has 0 unspecified atom stereocenters. The molecular weight excluding hydrogens is 503 g/mol. The van der Waals surface area contributed by atoms with Crippen LogP contribution in [0.2, 0.25) is 0 Å². The molecule has 33 heavy (non-hydrogen) atoms. The summed E-state index contributed by atoms with van der Waals surface area (Å²) in [5.41, 5.74) is -0.822. The van der Waals surface area contributed by atoms with E-state index in [4.69, 9.17) is 4.74 Å². The molecule has 0 aromatic heterocycles. The van der Waals surface area contributed by atoms with E-state index >= 15 is 0 Å². The first kappa shape index (κ1) is 25.5. The average Bonchev–Trinajstić information content (AvgIpc) is 2.83. The molecule has 1 atom stereocenters. The Balaban J connectivity index is 1.89. The predicted molar refractivity (Wildman–Crippen MR) is 89.4 cm³/mol. The zero-order valence-corrected chi connectivity index (χ0v) is 16.8. The first-order valence-electron chi connectivity index (χ1n) is 8.81. The second kappa shape index (κ2) is 7.71. The van der Waals surface area contributed by atoms with Gasteiger partial charge >= 0.3 is 35.6 Å².